The van der Waals surface area contributed by atoms with Gasteiger partial charge in [-0.1, -0.05) is 56.8 Å². The van der Waals surface area contributed by atoms with Crippen LogP contribution in [-0.4, -0.2) is 22.4 Å². The normalized spacial score (nSPS) is 10.7. The van der Waals surface area contributed by atoms with Gasteiger partial charge in [0.15, 0.2) is 0 Å². The molecule has 4 aromatic rings. The van der Waals surface area contributed by atoms with Gasteiger partial charge in [0.05, 0.1) is 5.52 Å². The third kappa shape index (κ3) is 5.53. The second kappa shape index (κ2) is 10.1. The van der Waals surface area contributed by atoms with Gasteiger partial charge in [0.2, 0.25) is 0 Å². The number of hydrogen-bond acceptors (Lipinski definition) is 3. The summed E-state index contributed by atoms with van der Waals surface area (Å²) in [7, 11) is 0. The lowest BCUT2D eigenvalue weighted by atomic mass is 10.2. The number of carbonyl (C=O) groups excluding carboxylic acids is 3. The van der Waals surface area contributed by atoms with Crippen molar-refractivity contribution < 1.29 is 14.4 Å². The largest absolute Gasteiger partial charge is 0.328 e. The van der Waals surface area contributed by atoms with Crippen molar-refractivity contribution in [2.45, 2.75) is 0 Å². The monoisotopic (exact) mass is 578 g/mol. The van der Waals surface area contributed by atoms with Gasteiger partial charge in [0, 0.05) is 36.3 Å². The Morgan fingerprint density at radius 3 is 2.15 bits per heavy atom. The number of anilines is 2. The highest BCUT2D eigenvalue weighted by Gasteiger charge is 2.21. The van der Waals surface area contributed by atoms with Crippen molar-refractivity contribution in [2.24, 2.45) is 0 Å². The molecule has 0 fully saturated rings. The van der Waals surface area contributed by atoms with E-state index in [4.69, 9.17) is 34.8 Å². The predicted molar refractivity (Wildman–Crippen MR) is 139 cm³/mol. The third-order valence-electron chi connectivity index (χ3n) is 4.62. The zero-order valence-electron chi connectivity index (χ0n) is 17.0. The molecule has 0 saturated carbocycles. The molecule has 4 rings (SSSR count). The molecule has 0 aliphatic rings. The fraction of sp³-hybridized carbons (Fsp3) is 0. The van der Waals surface area contributed by atoms with E-state index in [0.29, 0.717) is 37.3 Å². The molecular weight excluding hydrogens is 567 g/mol. The fourth-order valence-corrected chi connectivity index (χ4v) is 4.30. The molecule has 0 atom stereocenters. The number of amides is 3. The van der Waals surface area contributed by atoms with Crippen molar-refractivity contribution >= 4 is 90.7 Å². The maximum Gasteiger partial charge on any atom is 0.328 e. The summed E-state index contributed by atoms with van der Waals surface area (Å²) in [5.41, 5.74) is 3.78. The average molecular weight is 581 g/mol. The van der Waals surface area contributed by atoms with Gasteiger partial charge >= 0.3 is 11.8 Å². The second-order valence-electron chi connectivity index (χ2n) is 7.09. The van der Waals surface area contributed by atoms with E-state index in [1.165, 1.54) is 28.9 Å². The van der Waals surface area contributed by atoms with Crippen molar-refractivity contribution in [3.05, 3.63) is 92.0 Å². The Morgan fingerprint density at radius 2 is 1.44 bits per heavy atom. The van der Waals surface area contributed by atoms with Crippen LogP contribution in [0.3, 0.4) is 0 Å². The second-order valence-corrected chi connectivity index (χ2v) is 9.31. The first kappa shape index (κ1) is 24.1. The number of nitrogens with zero attached hydrogens (tertiary/aromatic N) is 1. The van der Waals surface area contributed by atoms with Crippen LogP contribution in [0.15, 0.2) is 71.2 Å². The number of rotatable bonds is 4. The molecule has 0 bridgehead atoms. The summed E-state index contributed by atoms with van der Waals surface area (Å²) in [6.07, 6.45) is 0. The van der Waals surface area contributed by atoms with E-state index in [1.54, 1.807) is 42.5 Å². The van der Waals surface area contributed by atoms with Crippen LogP contribution in [-0.2, 0) is 9.59 Å². The topological polar surface area (TPSA) is 92.2 Å². The van der Waals surface area contributed by atoms with Crippen molar-refractivity contribution in [1.82, 2.24) is 4.68 Å². The summed E-state index contributed by atoms with van der Waals surface area (Å²) in [5.74, 6) is -2.48. The number of nitrogens with one attached hydrogen (secondary N) is 3. The number of halogens is 4. The van der Waals surface area contributed by atoms with Crippen LogP contribution in [0.1, 0.15) is 10.5 Å². The summed E-state index contributed by atoms with van der Waals surface area (Å²) in [6.45, 7) is 0. The Morgan fingerprint density at radius 1 is 0.735 bits per heavy atom. The zero-order valence-corrected chi connectivity index (χ0v) is 20.9. The summed E-state index contributed by atoms with van der Waals surface area (Å²) in [5, 5.41) is 6.91. The SMILES string of the molecule is O=C(Nc1cccc(Cl)c1)C(=O)Nn1c(C(=O)Nc2cc(Cl)cc(Cl)c2)cc2cc(Br)ccc21. The Labute approximate surface area is 217 Å². The molecule has 0 aliphatic carbocycles. The lowest BCUT2D eigenvalue weighted by Crippen LogP contribution is -2.36. The summed E-state index contributed by atoms with van der Waals surface area (Å²) in [4.78, 5) is 38.2. The molecule has 3 aromatic carbocycles. The van der Waals surface area contributed by atoms with Crippen LogP contribution in [0.2, 0.25) is 15.1 Å². The maximum absolute atomic E-state index is 13.1. The van der Waals surface area contributed by atoms with Crippen LogP contribution < -0.4 is 16.1 Å². The van der Waals surface area contributed by atoms with Gasteiger partial charge in [-0.2, -0.15) is 0 Å². The Bertz CT molecular complexity index is 1430. The van der Waals surface area contributed by atoms with E-state index < -0.39 is 17.7 Å². The van der Waals surface area contributed by atoms with E-state index >= 15 is 0 Å². The Hall–Kier alpha value is -3.04. The fourth-order valence-electron chi connectivity index (χ4n) is 3.20. The zero-order chi connectivity index (χ0) is 24.4. The highest BCUT2D eigenvalue weighted by molar-refractivity contribution is 9.10. The van der Waals surface area contributed by atoms with E-state index in [9.17, 15) is 14.4 Å². The number of hydrogen-bond donors (Lipinski definition) is 3. The van der Waals surface area contributed by atoms with Gasteiger partial charge < -0.3 is 10.6 Å². The minimum atomic E-state index is -0.986. The van der Waals surface area contributed by atoms with E-state index in [2.05, 4.69) is 32.0 Å². The molecule has 1 aromatic heterocycles. The first-order valence-electron chi connectivity index (χ1n) is 9.66. The number of aromatic nitrogens is 1. The van der Waals surface area contributed by atoms with Crippen LogP contribution in [0.5, 0.6) is 0 Å². The molecule has 0 unspecified atom stereocenters. The van der Waals surface area contributed by atoms with E-state index in [1.807, 2.05) is 0 Å². The Kier molecular flexibility index (Phi) is 7.13. The van der Waals surface area contributed by atoms with Crippen LogP contribution in [0, 0.1) is 0 Å². The molecule has 0 spiro atoms. The maximum atomic E-state index is 13.1. The molecule has 0 radical (unpaired) electrons. The number of fused-ring (bicyclic) bond motifs is 1. The molecular formula is C23H14BrCl3N4O3. The minimum absolute atomic E-state index is 0.0769. The smallest absolute Gasteiger partial charge is 0.321 e. The molecule has 3 amide bonds. The van der Waals surface area contributed by atoms with E-state index in [0.717, 1.165) is 4.47 Å². The minimum Gasteiger partial charge on any atom is -0.321 e. The molecule has 0 aliphatic heterocycles. The van der Waals surface area contributed by atoms with Crippen LogP contribution in [0.4, 0.5) is 11.4 Å². The predicted octanol–water partition coefficient (Wildman–Crippen LogP) is 6.33. The van der Waals surface area contributed by atoms with Gasteiger partial charge in [0.1, 0.15) is 5.69 Å². The van der Waals surface area contributed by atoms with Crippen LogP contribution >= 0.6 is 50.7 Å². The highest BCUT2D eigenvalue weighted by Crippen LogP contribution is 2.26. The molecule has 3 N–H and O–H groups in total. The van der Waals surface area contributed by atoms with Gasteiger partial charge in [-0.15, -0.1) is 0 Å². The van der Waals surface area contributed by atoms with E-state index in [-0.39, 0.29) is 5.69 Å². The summed E-state index contributed by atoms with van der Waals surface area (Å²) < 4.78 is 2.01. The third-order valence-corrected chi connectivity index (χ3v) is 5.78. The average Bonchev–Trinajstić information content (AvgIpc) is 3.10. The Balaban J connectivity index is 1.64. The standard InChI is InChI=1S/C23H14BrCl3N4O3/c24-13-4-5-19-12(6-13)7-20(21(32)29-18-10-15(26)8-16(27)11-18)31(19)30-23(34)22(33)28-17-3-1-2-14(25)9-17/h1-11H,(H,28,33)(H,29,32)(H,30,34). The molecule has 34 heavy (non-hydrogen) atoms. The first-order valence-corrected chi connectivity index (χ1v) is 11.6. The van der Waals surface area contributed by atoms with Gasteiger partial charge in [-0.05, 0) is 60.7 Å². The number of benzene rings is 3. The van der Waals surface area contributed by atoms with Crippen LogP contribution in [0.25, 0.3) is 10.9 Å². The quantitative estimate of drug-likeness (QED) is 0.247. The molecule has 7 nitrogen and oxygen atoms in total. The van der Waals surface area contributed by atoms with Gasteiger partial charge in [-0.3, -0.25) is 19.8 Å². The van der Waals surface area contributed by atoms with Crippen molar-refractivity contribution in [1.29, 1.82) is 0 Å². The number of carbonyl (C=O) groups is 3. The van der Waals surface area contributed by atoms with Crippen molar-refractivity contribution in [3.8, 4) is 0 Å². The lowest BCUT2D eigenvalue weighted by Gasteiger charge is -2.13. The molecule has 172 valence electrons. The van der Waals surface area contributed by atoms with Crippen molar-refractivity contribution in [2.75, 3.05) is 16.1 Å². The lowest BCUT2D eigenvalue weighted by molar-refractivity contribution is -0.133. The van der Waals surface area contributed by atoms with Gasteiger partial charge in [-0.25, -0.2) is 4.68 Å². The molecule has 11 heteroatoms. The van der Waals surface area contributed by atoms with Gasteiger partial charge in [0.25, 0.3) is 5.91 Å². The highest BCUT2D eigenvalue weighted by atomic mass is 79.9. The first-order chi connectivity index (χ1) is 16.2. The summed E-state index contributed by atoms with van der Waals surface area (Å²) >= 11 is 21.3. The molecule has 1 heterocycles. The summed E-state index contributed by atoms with van der Waals surface area (Å²) in [6, 6.07) is 17.8. The molecule has 0 saturated heterocycles. The van der Waals surface area contributed by atoms with Crippen molar-refractivity contribution in [3.63, 3.8) is 0 Å².